The molecule has 1 N–H and O–H groups in total. The molecule has 1 aliphatic heterocycles. The minimum atomic E-state index is -0.770. The number of nitrogens with zero attached hydrogens (tertiary/aromatic N) is 2. The Morgan fingerprint density at radius 2 is 1.71 bits per heavy atom. The maximum absolute atomic E-state index is 13.3. The normalized spacial score (nSPS) is 18.1. The molecule has 1 saturated heterocycles. The molecule has 1 unspecified atom stereocenters. The quantitative estimate of drug-likeness (QED) is 0.415. The number of aliphatic hydroxyl groups excluding tert-OH is 1. The molecule has 2 aromatic carbocycles. The van der Waals surface area contributed by atoms with Crippen LogP contribution in [0.25, 0.3) is 5.76 Å². The van der Waals surface area contributed by atoms with Gasteiger partial charge in [-0.15, -0.1) is 0 Å². The van der Waals surface area contributed by atoms with Crippen molar-refractivity contribution in [2.24, 2.45) is 0 Å². The lowest BCUT2D eigenvalue weighted by molar-refractivity contribution is -0.140. The number of benzene rings is 2. The van der Waals surface area contributed by atoms with Crippen molar-refractivity contribution >= 4 is 23.1 Å². The number of Topliss-reactive ketones (excluding diaryl/α,β-unsaturated/α-hetero) is 1. The fourth-order valence-corrected chi connectivity index (χ4v) is 3.56. The molecule has 1 heterocycles. The highest BCUT2D eigenvalue weighted by atomic mass is 19.1. The van der Waals surface area contributed by atoms with Crippen molar-refractivity contribution in [3.05, 3.63) is 71.0 Å². The molecule has 0 bridgehead atoms. The summed E-state index contributed by atoms with van der Waals surface area (Å²) in [6.45, 7) is 4.23. The minimum absolute atomic E-state index is 0.0150. The molecular weight excluding hydrogens is 399 g/mol. The van der Waals surface area contributed by atoms with Crippen LogP contribution in [-0.2, 0) is 14.3 Å². The van der Waals surface area contributed by atoms with Gasteiger partial charge in [0.15, 0.2) is 0 Å². The van der Waals surface area contributed by atoms with Crippen molar-refractivity contribution in [2.45, 2.75) is 26.0 Å². The lowest BCUT2D eigenvalue weighted by Crippen LogP contribution is -2.33. The molecule has 1 aliphatic rings. The Morgan fingerprint density at radius 3 is 2.26 bits per heavy atom. The second-order valence-electron chi connectivity index (χ2n) is 7.90. The van der Waals surface area contributed by atoms with Crippen LogP contribution in [0.2, 0.25) is 0 Å². The van der Waals surface area contributed by atoms with Crippen molar-refractivity contribution < 1.29 is 23.8 Å². The Hall–Kier alpha value is -3.19. The van der Waals surface area contributed by atoms with Crippen LogP contribution in [0.1, 0.15) is 31.0 Å². The highest BCUT2D eigenvalue weighted by Gasteiger charge is 2.45. The number of ketones is 1. The predicted octanol–water partition coefficient (Wildman–Crippen LogP) is 3.74. The van der Waals surface area contributed by atoms with Crippen LogP contribution in [0.3, 0.4) is 0 Å². The number of halogens is 1. The fourth-order valence-electron chi connectivity index (χ4n) is 3.56. The molecule has 0 spiro atoms. The van der Waals surface area contributed by atoms with Gasteiger partial charge in [-0.25, -0.2) is 4.39 Å². The van der Waals surface area contributed by atoms with E-state index in [1.165, 1.54) is 29.2 Å². The smallest absolute Gasteiger partial charge is 0.295 e. The van der Waals surface area contributed by atoms with Gasteiger partial charge in [0.25, 0.3) is 11.7 Å². The summed E-state index contributed by atoms with van der Waals surface area (Å²) < 4.78 is 18.9. The first-order valence-electron chi connectivity index (χ1n) is 10.1. The molecule has 3 rings (SSSR count). The molecule has 0 saturated carbocycles. The third-order valence-electron chi connectivity index (χ3n) is 5.17. The van der Waals surface area contributed by atoms with Gasteiger partial charge in [-0.1, -0.05) is 12.1 Å². The molecule has 1 amide bonds. The molecule has 1 fully saturated rings. The molecule has 31 heavy (non-hydrogen) atoms. The van der Waals surface area contributed by atoms with Gasteiger partial charge in [0, 0.05) is 31.9 Å². The number of hydrogen-bond acceptors (Lipinski definition) is 5. The number of aliphatic hydroxyl groups is 1. The number of anilines is 1. The molecule has 2 aromatic rings. The average Bonchev–Trinajstić information content (AvgIpc) is 2.98. The Balaban J connectivity index is 2.08. The van der Waals surface area contributed by atoms with Gasteiger partial charge in [0.2, 0.25) is 0 Å². The van der Waals surface area contributed by atoms with Crippen LogP contribution in [0.4, 0.5) is 10.1 Å². The Kier molecular flexibility index (Phi) is 6.75. The van der Waals surface area contributed by atoms with Gasteiger partial charge < -0.3 is 19.6 Å². The summed E-state index contributed by atoms with van der Waals surface area (Å²) in [6, 6.07) is 11.8. The number of rotatable bonds is 7. The van der Waals surface area contributed by atoms with Crippen LogP contribution in [-0.4, -0.2) is 55.0 Å². The van der Waals surface area contributed by atoms with Gasteiger partial charge in [-0.3, -0.25) is 9.59 Å². The van der Waals surface area contributed by atoms with Crippen LogP contribution in [0, 0.1) is 5.82 Å². The summed E-state index contributed by atoms with van der Waals surface area (Å²) >= 11 is 0. The molecular formula is C24H27FN2O4. The molecule has 164 valence electrons. The van der Waals surface area contributed by atoms with Gasteiger partial charge in [-0.2, -0.15) is 0 Å². The second-order valence-corrected chi connectivity index (χ2v) is 7.90. The zero-order chi connectivity index (χ0) is 22.7. The zero-order valence-corrected chi connectivity index (χ0v) is 18.1. The van der Waals surface area contributed by atoms with E-state index in [0.29, 0.717) is 5.56 Å². The van der Waals surface area contributed by atoms with E-state index < -0.39 is 23.5 Å². The summed E-state index contributed by atoms with van der Waals surface area (Å²) in [5.41, 5.74) is 1.91. The largest absolute Gasteiger partial charge is 0.507 e. The maximum atomic E-state index is 13.3. The molecule has 6 nitrogen and oxygen atoms in total. The highest BCUT2D eigenvalue weighted by Crippen LogP contribution is 2.39. The van der Waals surface area contributed by atoms with Crippen molar-refractivity contribution in [3.63, 3.8) is 0 Å². The van der Waals surface area contributed by atoms with Crippen LogP contribution < -0.4 is 4.90 Å². The molecule has 0 aliphatic carbocycles. The third-order valence-corrected chi connectivity index (χ3v) is 5.17. The van der Waals surface area contributed by atoms with E-state index in [2.05, 4.69) is 0 Å². The number of ether oxygens (including phenoxy) is 1. The molecule has 1 atom stereocenters. The minimum Gasteiger partial charge on any atom is -0.507 e. The van der Waals surface area contributed by atoms with E-state index >= 15 is 0 Å². The first-order chi connectivity index (χ1) is 14.7. The van der Waals surface area contributed by atoms with Gasteiger partial charge in [0.05, 0.1) is 24.3 Å². The number of carbonyl (C=O) groups excluding carboxylic acids is 2. The number of hydrogen-bond donors (Lipinski definition) is 1. The van der Waals surface area contributed by atoms with Crippen LogP contribution in [0.5, 0.6) is 0 Å². The third kappa shape index (κ3) is 4.77. The summed E-state index contributed by atoms with van der Waals surface area (Å²) in [4.78, 5) is 29.1. The molecule has 0 aromatic heterocycles. The predicted molar refractivity (Wildman–Crippen MR) is 117 cm³/mol. The Bertz CT molecular complexity index is 982. The van der Waals surface area contributed by atoms with E-state index in [1.54, 1.807) is 0 Å². The first kappa shape index (κ1) is 22.5. The lowest BCUT2D eigenvalue weighted by Gasteiger charge is -2.26. The average molecular weight is 426 g/mol. The zero-order valence-electron chi connectivity index (χ0n) is 18.1. The Labute approximate surface area is 181 Å². The molecule has 7 heteroatoms. The van der Waals surface area contributed by atoms with Crippen molar-refractivity contribution in [1.82, 2.24) is 4.90 Å². The van der Waals surface area contributed by atoms with Crippen LogP contribution >= 0.6 is 0 Å². The van der Waals surface area contributed by atoms with E-state index in [4.69, 9.17) is 4.74 Å². The van der Waals surface area contributed by atoms with E-state index in [-0.39, 0.29) is 36.2 Å². The summed E-state index contributed by atoms with van der Waals surface area (Å²) in [6.07, 6.45) is -0.0196. The maximum Gasteiger partial charge on any atom is 0.295 e. The summed E-state index contributed by atoms with van der Waals surface area (Å²) in [7, 11) is 3.83. The van der Waals surface area contributed by atoms with E-state index in [0.717, 1.165) is 5.69 Å². The standard InChI is InChI=1S/C24H27FN2O4/c1-15(2)31-14-13-27-21(16-7-11-19(12-8-16)26(3)4)20(23(29)24(27)30)22(28)17-5-9-18(25)10-6-17/h5-12,15,21,28H,13-14H2,1-4H3/b22-20-. The highest BCUT2D eigenvalue weighted by molar-refractivity contribution is 6.46. The van der Waals surface area contributed by atoms with Gasteiger partial charge >= 0.3 is 0 Å². The number of carbonyl (C=O) groups is 2. The van der Waals surface area contributed by atoms with Crippen LogP contribution in [0.15, 0.2) is 54.1 Å². The first-order valence-corrected chi connectivity index (χ1v) is 10.1. The van der Waals surface area contributed by atoms with Crippen molar-refractivity contribution in [2.75, 3.05) is 32.1 Å². The van der Waals surface area contributed by atoms with E-state index in [1.807, 2.05) is 57.1 Å². The summed E-state index contributed by atoms with van der Waals surface area (Å²) in [5.74, 6) is -2.25. The number of likely N-dealkylation sites (tertiary alicyclic amines) is 1. The van der Waals surface area contributed by atoms with Gasteiger partial charge in [-0.05, 0) is 55.8 Å². The van der Waals surface area contributed by atoms with Gasteiger partial charge in [0.1, 0.15) is 11.6 Å². The molecule has 0 radical (unpaired) electrons. The monoisotopic (exact) mass is 426 g/mol. The topological polar surface area (TPSA) is 70.1 Å². The Morgan fingerprint density at radius 1 is 1.10 bits per heavy atom. The summed E-state index contributed by atoms with van der Waals surface area (Å²) in [5, 5.41) is 10.9. The van der Waals surface area contributed by atoms with Crippen molar-refractivity contribution in [3.8, 4) is 0 Å². The second kappa shape index (κ2) is 9.31. The fraction of sp³-hybridized carbons (Fsp3) is 0.333. The van der Waals surface area contributed by atoms with E-state index in [9.17, 15) is 19.1 Å². The number of amides is 1. The SMILES string of the molecule is CC(C)OCCN1C(=O)C(=O)/C(=C(\O)c2ccc(F)cc2)C1c1ccc(N(C)C)cc1. The lowest BCUT2D eigenvalue weighted by atomic mass is 9.95. The van der Waals surface area contributed by atoms with Crippen molar-refractivity contribution in [1.29, 1.82) is 0 Å².